The van der Waals surface area contributed by atoms with Crippen LogP contribution in [0.25, 0.3) is 0 Å². The smallest absolute Gasteiger partial charge is 0.259 e. The molecule has 1 aliphatic heterocycles. The van der Waals surface area contributed by atoms with E-state index in [1.54, 1.807) is 13.3 Å². The second-order valence-electron chi connectivity index (χ2n) is 5.77. The number of nitrogens with one attached hydrogen (secondary N) is 2. The van der Waals surface area contributed by atoms with E-state index < -0.39 is 5.60 Å². The molecule has 0 spiro atoms. The van der Waals surface area contributed by atoms with Crippen LogP contribution in [0.4, 0.5) is 5.95 Å². The minimum atomic E-state index is -0.769. The standard InChI is InChI=1S/C17H22N4O2.ClH/c1-23-17(7-9-18-10-8-17)15(22)20-16-19-11-12-21(16)13-14-5-3-2-4-6-14;/h2-6,11-12,18H,7-10,13H2,1H3,(H,19,20,22);1H. The molecule has 1 aromatic carbocycles. The SMILES string of the molecule is COC1(C(=O)Nc2nccn2Cc2ccccc2)CCNCC1.Cl. The molecule has 24 heavy (non-hydrogen) atoms. The number of nitrogens with zero attached hydrogens (tertiary/aromatic N) is 2. The molecule has 2 heterocycles. The lowest BCUT2D eigenvalue weighted by atomic mass is 9.91. The molecule has 1 saturated heterocycles. The molecule has 6 nitrogen and oxygen atoms in total. The summed E-state index contributed by atoms with van der Waals surface area (Å²) in [4.78, 5) is 17.0. The Morgan fingerprint density at radius 2 is 2.04 bits per heavy atom. The molecule has 2 N–H and O–H groups in total. The number of carbonyl (C=O) groups excluding carboxylic acids is 1. The lowest BCUT2D eigenvalue weighted by molar-refractivity contribution is -0.140. The highest BCUT2D eigenvalue weighted by Crippen LogP contribution is 2.24. The molecule has 1 aliphatic rings. The largest absolute Gasteiger partial charge is 0.368 e. The molecule has 0 aliphatic carbocycles. The van der Waals surface area contributed by atoms with E-state index in [0.717, 1.165) is 18.7 Å². The summed E-state index contributed by atoms with van der Waals surface area (Å²) in [5.74, 6) is 0.427. The fourth-order valence-electron chi connectivity index (χ4n) is 2.91. The number of hydrogen-bond donors (Lipinski definition) is 2. The van der Waals surface area contributed by atoms with Crippen LogP contribution in [-0.4, -0.2) is 41.3 Å². The van der Waals surface area contributed by atoms with E-state index in [2.05, 4.69) is 27.8 Å². The van der Waals surface area contributed by atoms with Crippen molar-refractivity contribution < 1.29 is 9.53 Å². The first-order valence-electron chi connectivity index (χ1n) is 7.86. The summed E-state index contributed by atoms with van der Waals surface area (Å²) in [6.45, 7) is 2.22. The predicted molar refractivity (Wildman–Crippen MR) is 95.5 cm³/mol. The van der Waals surface area contributed by atoms with Gasteiger partial charge in [-0.2, -0.15) is 0 Å². The molecule has 0 saturated carbocycles. The lowest BCUT2D eigenvalue weighted by Crippen LogP contribution is -2.52. The number of piperidine rings is 1. The van der Waals surface area contributed by atoms with Crippen molar-refractivity contribution in [3.8, 4) is 0 Å². The molecule has 1 amide bonds. The average Bonchev–Trinajstić information content (AvgIpc) is 3.03. The number of imidazole rings is 1. The van der Waals surface area contributed by atoms with Crippen LogP contribution < -0.4 is 10.6 Å². The molecule has 0 atom stereocenters. The zero-order valence-corrected chi connectivity index (χ0v) is 14.5. The summed E-state index contributed by atoms with van der Waals surface area (Å²) in [5.41, 5.74) is 0.388. The van der Waals surface area contributed by atoms with Gasteiger partial charge in [0.05, 0.1) is 6.54 Å². The summed E-state index contributed by atoms with van der Waals surface area (Å²) in [7, 11) is 1.60. The van der Waals surface area contributed by atoms with Crippen molar-refractivity contribution >= 4 is 24.3 Å². The van der Waals surface area contributed by atoms with E-state index >= 15 is 0 Å². The van der Waals surface area contributed by atoms with Crippen LogP contribution in [0.3, 0.4) is 0 Å². The van der Waals surface area contributed by atoms with Crippen LogP contribution in [0.2, 0.25) is 0 Å². The molecule has 7 heteroatoms. The Hall–Kier alpha value is -1.89. The Bertz CT molecular complexity index is 654. The van der Waals surface area contributed by atoms with Gasteiger partial charge in [-0.1, -0.05) is 30.3 Å². The number of ether oxygens (including phenoxy) is 1. The van der Waals surface area contributed by atoms with Gasteiger partial charge in [-0.15, -0.1) is 12.4 Å². The molecular weight excluding hydrogens is 328 g/mol. The van der Waals surface area contributed by atoms with Crippen molar-refractivity contribution in [2.45, 2.75) is 25.0 Å². The van der Waals surface area contributed by atoms with Gasteiger partial charge in [0, 0.05) is 19.5 Å². The Morgan fingerprint density at radius 3 is 2.71 bits per heavy atom. The molecule has 0 bridgehead atoms. The van der Waals surface area contributed by atoms with Gasteiger partial charge < -0.3 is 14.6 Å². The van der Waals surface area contributed by atoms with Gasteiger partial charge in [0.1, 0.15) is 5.60 Å². The van der Waals surface area contributed by atoms with Crippen molar-refractivity contribution in [1.29, 1.82) is 0 Å². The molecule has 0 radical (unpaired) electrons. The maximum absolute atomic E-state index is 12.7. The molecule has 130 valence electrons. The van der Waals surface area contributed by atoms with Crippen molar-refractivity contribution in [2.24, 2.45) is 0 Å². The van der Waals surface area contributed by atoms with Crippen LogP contribution in [0, 0.1) is 0 Å². The highest BCUT2D eigenvalue weighted by Gasteiger charge is 2.40. The van der Waals surface area contributed by atoms with Crippen LogP contribution in [0.5, 0.6) is 0 Å². The van der Waals surface area contributed by atoms with Crippen molar-refractivity contribution in [2.75, 3.05) is 25.5 Å². The summed E-state index contributed by atoms with van der Waals surface area (Å²) in [5, 5.41) is 6.18. The topological polar surface area (TPSA) is 68.2 Å². The predicted octanol–water partition coefficient (Wildman–Crippen LogP) is 2.06. The molecule has 1 aromatic heterocycles. The van der Waals surface area contributed by atoms with E-state index in [-0.39, 0.29) is 18.3 Å². The number of benzene rings is 1. The van der Waals surface area contributed by atoms with Gasteiger partial charge in [-0.25, -0.2) is 4.98 Å². The second kappa shape index (κ2) is 8.28. The van der Waals surface area contributed by atoms with Crippen LogP contribution in [-0.2, 0) is 16.1 Å². The van der Waals surface area contributed by atoms with Crippen LogP contribution >= 0.6 is 12.4 Å². The van der Waals surface area contributed by atoms with Crippen molar-refractivity contribution in [3.05, 3.63) is 48.3 Å². The third kappa shape index (κ3) is 3.95. The summed E-state index contributed by atoms with van der Waals surface area (Å²) < 4.78 is 7.49. The molecular formula is C17H23ClN4O2. The first-order valence-corrected chi connectivity index (χ1v) is 7.86. The number of anilines is 1. The number of methoxy groups -OCH3 is 1. The Morgan fingerprint density at radius 1 is 1.33 bits per heavy atom. The highest BCUT2D eigenvalue weighted by molar-refractivity contribution is 5.96. The van der Waals surface area contributed by atoms with Crippen LogP contribution in [0.15, 0.2) is 42.7 Å². The zero-order chi connectivity index (χ0) is 16.1. The number of hydrogen-bond acceptors (Lipinski definition) is 4. The van der Waals surface area contributed by atoms with Gasteiger partial charge in [-0.05, 0) is 31.5 Å². The number of rotatable bonds is 5. The van der Waals surface area contributed by atoms with Gasteiger partial charge in [-0.3, -0.25) is 10.1 Å². The normalized spacial score (nSPS) is 16.2. The number of carbonyl (C=O) groups is 1. The van der Waals surface area contributed by atoms with E-state index in [4.69, 9.17) is 4.74 Å². The van der Waals surface area contributed by atoms with E-state index in [0.29, 0.717) is 25.3 Å². The first kappa shape index (κ1) is 18.4. The van der Waals surface area contributed by atoms with Crippen LogP contribution in [0.1, 0.15) is 18.4 Å². The third-order valence-electron chi connectivity index (χ3n) is 4.35. The van der Waals surface area contributed by atoms with Crippen molar-refractivity contribution in [3.63, 3.8) is 0 Å². The average molecular weight is 351 g/mol. The molecule has 1 fully saturated rings. The van der Waals surface area contributed by atoms with Gasteiger partial charge in [0.2, 0.25) is 5.95 Å². The maximum atomic E-state index is 12.7. The Labute approximate surface area is 148 Å². The number of halogens is 1. The van der Waals surface area contributed by atoms with Gasteiger partial charge in [0.25, 0.3) is 5.91 Å². The van der Waals surface area contributed by atoms with E-state index in [1.807, 2.05) is 29.0 Å². The fourth-order valence-corrected chi connectivity index (χ4v) is 2.91. The van der Waals surface area contributed by atoms with Gasteiger partial charge >= 0.3 is 0 Å². The summed E-state index contributed by atoms with van der Waals surface area (Å²) >= 11 is 0. The van der Waals surface area contributed by atoms with E-state index in [9.17, 15) is 4.79 Å². The quantitative estimate of drug-likeness (QED) is 0.866. The van der Waals surface area contributed by atoms with Crippen molar-refractivity contribution in [1.82, 2.24) is 14.9 Å². The molecule has 3 rings (SSSR count). The Kier molecular flexibility index (Phi) is 6.36. The number of amides is 1. The third-order valence-corrected chi connectivity index (χ3v) is 4.35. The monoisotopic (exact) mass is 350 g/mol. The minimum absolute atomic E-state index is 0. The number of aromatic nitrogens is 2. The fraction of sp³-hybridized carbons (Fsp3) is 0.412. The molecule has 0 unspecified atom stereocenters. The zero-order valence-electron chi connectivity index (χ0n) is 13.7. The van der Waals surface area contributed by atoms with E-state index in [1.165, 1.54) is 0 Å². The minimum Gasteiger partial charge on any atom is -0.368 e. The van der Waals surface area contributed by atoms with Gasteiger partial charge in [0.15, 0.2) is 0 Å². The Balaban J connectivity index is 0.00000208. The lowest BCUT2D eigenvalue weighted by Gasteiger charge is -2.34. The summed E-state index contributed by atoms with van der Waals surface area (Å²) in [6.07, 6.45) is 4.88. The first-order chi connectivity index (χ1) is 11.2. The molecule has 2 aromatic rings. The maximum Gasteiger partial charge on any atom is 0.259 e. The second-order valence-corrected chi connectivity index (χ2v) is 5.77. The summed E-state index contributed by atoms with van der Waals surface area (Å²) in [6, 6.07) is 10.1. The highest BCUT2D eigenvalue weighted by atomic mass is 35.5.